The summed E-state index contributed by atoms with van der Waals surface area (Å²) in [5.74, 6) is 0.599. The van der Waals surface area contributed by atoms with Gasteiger partial charge in [-0.2, -0.15) is 0 Å². The molecule has 1 unspecified atom stereocenters. The quantitative estimate of drug-likeness (QED) is 0.796. The smallest absolute Gasteiger partial charge is 0.0701 e. The molecule has 0 saturated heterocycles. The molecule has 1 nitrogen and oxygen atoms in total. The van der Waals surface area contributed by atoms with Crippen LogP contribution < -0.4 is 5.32 Å². The Hall–Kier alpha value is -0.640. The molecule has 0 fully saturated rings. The Labute approximate surface area is 128 Å². The average molecular weight is 338 g/mol. The van der Waals surface area contributed by atoms with E-state index in [1.165, 1.54) is 19.8 Å². The van der Waals surface area contributed by atoms with Crippen molar-refractivity contribution < 1.29 is 0 Å². The van der Waals surface area contributed by atoms with Crippen LogP contribution in [0.3, 0.4) is 0 Å². The Balaban J connectivity index is 2.10. The third-order valence-electron chi connectivity index (χ3n) is 3.37. The zero-order chi connectivity index (χ0) is 13.8. The van der Waals surface area contributed by atoms with Crippen molar-refractivity contribution >= 4 is 27.3 Å². The van der Waals surface area contributed by atoms with E-state index < -0.39 is 0 Å². The molecule has 3 heteroatoms. The van der Waals surface area contributed by atoms with E-state index in [1.807, 2.05) is 7.05 Å². The minimum Gasteiger partial charge on any atom is -0.312 e. The van der Waals surface area contributed by atoms with Crippen LogP contribution in [0.4, 0.5) is 0 Å². The highest BCUT2D eigenvalue weighted by Gasteiger charge is 2.12. The molecule has 0 spiro atoms. The third kappa shape index (κ3) is 3.91. The van der Waals surface area contributed by atoms with Gasteiger partial charge in [-0.05, 0) is 58.6 Å². The lowest BCUT2D eigenvalue weighted by Gasteiger charge is -2.15. The van der Waals surface area contributed by atoms with Crippen molar-refractivity contribution in [3.63, 3.8) is 0 Å². The summed E-state index contributed by atoms with van der Waals surface area (Å²) in [6.45, 7) is 4.46. The van der Waals surface area contributed by atoms with E-state index in [0.29, 0.717) is 12.0 Å². The Morgan fingerprint density at radius 1 is 1.11 bits per heavy atom. The normalized spacial score (nSPS) is 12.9. The second-order valence-electron chi connectivity index (χ2n) is 5.08. The topological polar surface area (TPSA) is 12.0 Å². The first-order chi connectivity index (χ1) is 9.10. The summed E-state index contributed by atoms with van der Waals surface area (Å²) in [6, 6.07) is 13.7. The van der Waals surface area contributed by atoms with Gasteiger partial charge in [0.2, 0.25) is 0 Å². The van der Waals surface area contributed by atoms with Crippen LogP contribution in [0.15, 0.2) is 40.2 Å². The molecule has 0 bridgehead atoms. The molecule has 1 atom stereocenters. The lowest BCUT2D eigenvalue weighted by atomic mass is 9.99. The van der Waals surface area contributed by atoms with E-state index >= 15 is 0 Å². The lowest BCUT2D eigenvalue weighted by molar-refractivity contribution is 0.602. The molecule has 19 heavy (non-hydrogen) atoms. The predicted octanol–water partition coefficient (Wildman–Crippen LogP) is 5.14. The monoisotopic (exact) mass is 337 g/mol. The molecule has 0 radical (unpaired) electrons. The number of thiophene rings is 1. The maximum Gasteiger partial charge on any atom is 0.0701 e. The lowest BCUT2D eigenvalue weighted by Crippen LogP contribution is -2.17. The van der Waals surface area contributed by atoms with Crippen LogP contribution in [-0.4, -0.2) is 7.05 Å². The van der Waals surface area contributed by atoms with Gasteiger partial charge in [-0.3, -0.25) is 0 Å². The van der Waals surface area contributed by atoms with Crippen molar-refractivity contribution in [3.8, 4) is 0 Å². The molecule has 1 aromatic carbocycles. The molecule has 1 aromatic heterocycles. The van der Waals surface area contributed by atoms with E-state index in [9.17, 15) is 0 Å². The number of nitrogens with one attached hydrogen (secondary N) is 1. The zero-order valence-corrected chi connectivity index (χ0v) is 14.0. The fourth-order valence-electron chi connectivity index (χ4n) is 2.13. The standard InChI is InChI=1S/C16H20BrNS/c1-11(2)13-6-4-12(5-7-13)10-14(18-3)15-8-9-16(17)19-15/h4-9,11,14,18H,10H2,1-3H3. The largest absolute Gasteiger partial charge is 0.312 e. The van der Waals surface area contributed by atoms with Crippen molar-refractivity contribution in [3.05, 3.63) is 56.2 Å². The molecule has 0 saturated carbocycles. The van der Waals surface area contributed by atoms with Crippen molar-refractivity contribution in [1.29, 1.82) is 0 Å². The summed E-state index contributed by atoms with van der Waals surface area (Å²) < 4.78 is 1.19. The highest BCUT2D eigenvalue weighted by Crippen LogP contribution is 2.29. The summed E-state index contributed by atoms with van der Waals surface area (Å²) in [5.41, 5.74) is 2.79. The third-order valence-corrected chi connectivity index (χ3v) is 5.11. The molecule has 102 valence electrons. The summed E-state index contributed by atoms with van der Waals surface area (Å²) >= 11 is 5.33. The Morgan fingerprint density at radius 3 is 2.26 bits per heavy atom. The second-order valence-corrected chi connectivity index (χ2v) is 7.58. The van der Waals surface area contributed by atoms with Gasteiger partial charge in [-0.1, -0.05) is 38.1 Å². The minimum atomic E-state index is 0.390. The molecule has 0 aliphatic rings. The van der Waals surface area contributed by atoms with Crippen LogP contribution in [0, 0.1) is 0 Å². The van der Waals surface area contributed by atoms with E-state index in [4.69, 9.17) is 0 Å². The number of benzene rings is 1. The van der Waals surface area contributed by atoms with Gasteiger partial charge in [0.05, 0.1) is 3.79 Å². The van der Waals surface area contributed by atoms with E-state index in [2.05, 4.69) is 71.5 Å². The van der Waals surface area contributed by atoms with Crippen LogP contribution in [0.2, 0.25) is 0 Å². The van der Waals surface area contributed by atoms with Crippen molar-refractivity contribution in [2.75, 3.05) is 7.05 Å². The Bertz CT molecular complexity index is 516. The Morgan fingerprint density at radius 2 is 1.79 bits per heavy atom. The SMILES string of the molecule is CNC(Cc1ccc(C(C)C)cc1)c1ccc(Br)s1. The minimum absolute atomic E-state index is 0.390. The summed E-state index contributed by atoms with van der Waals surface area (Å²) in [5, 5.41) is 3.41. The summed E-state index contributed by atoms with van der Waals surface area (Å²) in [7, 11) is 2.03. The van der Waals surface area contributed by atoms with Gasteiger partial charge in [0.15, 0.2) is 0 Å². The van der Waals surface area contributed by atoms with Crippen LogP contribution in [0.1, 0.15) is 41.8 Å². The maximum absolute atomic E-state index is 3.53. The highest BCUT2D eigenvalue weighted by molar-refractivity contribution is 9.11. The van der Waals surface area contributed by atoms with Crippen LogP contribution in [-0.2, 0) is 6.42 Å². The summed E-state index contributed by atoms with van der Waals surface area (Å²) in [6.07, 6.45) is 1.03. The number of hydrogen-bond donors (Lipinski definition) is 1. The molecule has 0 amide bonds. The van der Waals surface area contributed by atoms with Crippen LogP contribution in [0.25, 0.3) is 0 Å². The molecule has 2 rings (SSSR count). The molecule has 0 aliphatic carbocycles. The second kappa shape index (κ2) is 6.69. The molecule has 2 aromatic rings. The van der Waals surface area contributed by atoms with Gasteiger partial charge < -0.3 is 5.32 Å². The fourth-order valence-corrected chi connectivity index (χ4v) is 3.67. The van der Waals surface area contributed by atoms with Crippen LogP contribution >= 0.6 is 27.3 Å². The molecular weight excluding hydrogens is 318 g/mol. The van der Waals surface area contributed by atoms with Gasteiger partial charge in [-0.15, -0.1) is 11.3 Å². The number of likely N-dealkylation sites (N-methyl/N-ethyl adjacent to an activating group) is 1. The maximum atomic E-state index is 3.53. The van der Waals surface area contributed by atoms with Crippen molar-refractivity contribution in [2.24, 2.45) is 0 Å². The number of hydrogen-bond acceptors (Lipinski definition) is 2. The number of halogens is 1. The van der Waals surface area contributed by atoms with E-state index in [-0.39, 0.29) is 0 Å². The highest BCUT2D eigenvalue weighted by atomic mass is 79.9. The average Bonchev–Trinajstić information content (AvgIpc) is 2.83. The fraction of sp³-hybridized carbons (Fsp3) is 0.375. The van der Waals surface area contributed by atoms with Crippen molar-refractivity contribution in [2.45, 2.75) is 32.2 Å². The van der Waals surface area contributed by atoms with Crippen LogP contribution in [0.5, 0.6) is 0 Å². The van der Waals surface area contributed by atoms with Gasteiger partial charge in [0, 0.05) is 10.9 Å². The van der Waals surface area contributed by atoms with Gasteiger partial charge >= 0.3 is 0 Å². The van der Waals surface area contributed by atoms with Gasteiger partial charge in [0.1, 0.15) is 0 Å². The zero-order valence-electron chi connectivity index (χ0n) is 11.6. The molecule has 1 heterocycles. The molecule has 1 N–H and O–H groups in total. The predicted molar refractivity (Wildman–Crippen MR) is 88.1 cm³/mol. The molecule has 0 aliphatic heterocycles. The molecular formula is C16H20BrNS. The van der Waals surface area contributed by atoms with E-state index in [1.54, 1.807) is 11.3 Å². The summed E-state index contributed by atoms with van der Waals surface area (Å²) in [4.78, 5) is 1.38. The van der Waals surface area contributed by atoms with Gasteiger partial charge in [-0.25, -0.2) is 0 Å². The van der Waals surface area contributed by atoms with Crippen molar-refractivity contribution in [1.82, 2.24) is 5.32 Å². The number of rotatable bonds is 5. The van der Waals surface area contributed by atoms with E-state index in [0.717, 1.165) is 6.42 Å². The first kappa shape index (κ1) is 14.8. The van der Waals surface area contributed by atoms with Gasteiger partial charge in [0.25, 0.3) is 0 Å². The Kier molecular flexibility index (Phi) is 5.20. The first-order valence-electron chi connectivity index (χ1n) is 6.61. The first-order valence-corrected chi connectivity index (χ1v) is 8.22.